The first kappa shape index (κ1) is 14.2. The summed E-state index contributed by atoms with van der Waals surface area (Å²) < 4.78 is 16.7. The second-order valence-electron chi connectivity index (χ2n) is 3.95. The molecule has 0 bridgehead atoms. The van der Waals surface area contributed by atoms with Gasteiger partial charge in [0, 0.05) is 16.6 Å². The van der Waals surface area contributed by atoms with E-state index in [0.29, 0.717) is 11.5 Å². The van der Waals surface area contributed by atoms with Crippen molar-refractivity contribution >= 4 is 10.8 Å². The van der Waals surface area contributed by atoms with Crippen LogP contribution in [0.5, 0.6) is 5.75 Å². The van der Waals surface area contributed by atoms with Gasteiger partial charge in [0.2, 0.25) is 0 Å². The van der Waals surface area contributed by atoms with Gasteiger partial charge in [0.05, 0.1) is 19.0 Å². The van der Waals surface area contributed by atoms with Crippen molar-refractivity contribution in [2.45, 2.75) is 25.9 Å². The van der Waals surface area contributed by atoms with Crippen LogP contribution < -0.4 is 4.74 Å². The number of hydrogen-bond acceptors (Lipinski definition) is 3. The molecule has 0 aliphatic carbocycles. The number of rotatable bonds is 7. The topological polar surface area (TPSA) is 46.5 Å². The summed E-state index contributed by atoms with van der Waals surface area (Å²) in [6.07, 6.45) is 1.32. The Morgan fingerprint density at radius 3 is 2.53 bits per heavy atom. The number of hydrogen-bond donors (Lipinski definition) is 1. The Kier molecular flexibility index (Phi) is 6.22. The zero-order valence-corrected chi connectivity index (χ0v) is 11.2. The molecule has 1 aromatic rings. The summed E-state index contributed by atoms with van der Waals surface area (Å²) >= 11 is 0. The van der Waals surface area contributed by atoms with Crippen LogP contribution in [0.15, 0.2) is 24.3 Å². The number of aliphatic hydroxyl groups excluding tert-OH is 1. The van der Waals surface area contributed by atoms with Gasteiger partial charge in [-0.3, -0.25) is 4.21 Å². The zero-order valence-electron chi connectivity index (χ0n) is 10.4. The Bertz CT molecular complexity index is 348. The lowest BCUT2D eigenvalue weighted by atomic mass is 10.1. The molecule has 3 nitrogen and oxygen atoms in total. The molecule has 0 spiro atoms. The van der Waals surface area contributed by atoms with Crippen molar-refractivity contribution in [3.05, 3.63) is 29.8 Å². The van der Waals surface area contributed by atoms with Crippen LogP contribution in [0, 0.1) is 0 Å². The fourth-order valence-electron chi connectivity index (χ4n) is 1.49. The molecule has 1 N–H and O–H groups in total. The molecular formula is C13H20O3S. The van der Waals surface area contributed by atoms with Crippen LogP contribution in [0.4, 0.5) is 0 Å². The molecular weight excluding hydrogens is 236 g/mol. The van der Waals surface area contributed by atoms with Crippen molar-refractivity contribution in [3.8, 4) is 5.75 Å². The van der Waals surface area contributed by atoms with Crippen LogP contribution in [0.25, 0.3) is 0 Å². The van der Waals surface area contributed by atoms with Crippen LogP contribution >= 0.6 is 0 Å². The number of aliphatic hydroxyl groups is 1. The smallest absolute Gasteiger partial charge is 0.118 e. The fraction of sp³-hybridized carbons (Fsp3) is 0.538. The maximum Gasteiger partial charge on any atom is 0.118 e. The lowest BCUT2D eigenvalue weighted by Crippen LogP contribution is -2.11. The van der Waals surface area contributed by atoms with E-state index >= 15 is 0 Å². The van der Waals surface area contributed by atoms with Crippen LogP contribution in [-0.4, -0.2) is 27.9 Å². The van der Waals surface area contributed by atoms with E-state index in [1.165, 1.54) is 0 Å². The minimum absolute atomic E-state index is 0.312. The van der Waals surface area contributed by atoms with Gasteiger partial charge in [0.25, 0.3) is 0 Å². The first-order valence-electron chi connectivity index (χ1n) is 5.84. The third-order valence-electron chi connectivity index (χ3n) is 2.57. The fourth-order valence-corrected chi connectivity index (χ4v) is 2.81. The van der Waals surface area contributed by atoms with Gasteiger partial charge in [0.15, 0.2) is 0 Å². The highest BCUT2D eigenvalue weighted by Gasteiger charge is 2.11. The third kappa shape index (κ3) is 4.88. The molecule has 2 atom stereocenters. The first-order chi connectivity index (χ1) is 8.17. The maximum atomic E-state index is 11.6. The van der Waals surface area contributed by atoms with Gasteiger partial charge in [-0.15, -0.1) is 0 Å². The molecule has 1 aromatic carbocycles. The summed E-state index contributed by atoms with van der Waals surface area (Å²) in [5.74, 6) is 1.74. The van der Waals surface area contributed by atoms with Gasteiger partial charge >= 0.3 is 0 Å². The Morgan fingerprint density at radius 2 is 2.00 bits per heavy atom. The van der Waals surface area contributed by atoms with E-state index in [9.17, 15) is 9.32 Å². The van der Waals surface area contributed by atoms with E-state index in [1.807, 2.05) is 0 Å². The molecule has 0 heterocycles. The molecule has 17 heavy (non-hydrogen) atoms. The number of benzene rings is 1. The van der Waals surface area contributed by atoms with Gasteiger partial charge in [-0.1, -0.05) is 25.5 Å². The largest absolute Gasteiger partial charge is 0.497 e. The summed E-state index contributed by atoms with van der Waals surface area (Å²) in [5, 5.41) is 9.92. The average molecular weight is 256 g/mol. The molecule has 0 saturated heterocycles. The normalized spacial score (nSPS) is 14.3. The number of methoxy groups -OCH3 is 1. The van der Waals surface area contributed by atoms with Crippen LogP contribution in [-0.2, 0) is 10.8 Å². The molecule has 4 heteroatoms. The molecule has 0 amide bonds. The van der Waals surface area contributed by atoms with Crippen molar-refractivity contribution in [1.82, 2.24) is 0 Å². The van der Waals surface area contributed by atoms with Crippen LogP contribution in [0.3, 0.4) is 0 Å². The van der Waals surface area contributed by atoms with Crippen LogP contribution in [0.1, 0.15) is 31.4 Å². The Morgan fingerprint density at radius 1 is 1.35 bits per heavy atom. The van der Waals surface area contributed by atoms with Crippen molar-refractivity contribution in [2.24, 2.45) is 0 Å². The van der Waals surface area contributed by atoms with E-state index in [2.05, 4.69) is 6.92 Å². The second kappa shape index (κ2) is 7.45. The van der Waals surface area contributed by atoms with Crippen molar-refractivity contribution in [1.29, 1.82) is 0 Å². The molecule has 0 aromatic heterocycles. The van der Waals surface area contributed by atoms with E-state index in [4.69, 9.17) is 4.74 Å². The average Bonchev–Trinajstić information content (AvgIpc) is 2.36. The van der Waals surface area contributed by atoms with E-state index < -0.39 is 16.9 Å². The van der Waals surface area contributed by atoms with Gasteiger partial charge in [-0.2, -0.15) is 0 Å². The number of ether oxygens (including phenoxy) is 1. The standard InChI is InChI=1S/C13H20O3S/c1-3-4-9-17(15)10-13(14)11-5-7-12(16-2)8-6-11/h5-8,13-14H,3-4,9-10H2,1-2H3/t13-,17+/m0/s1. The highest BCUT2D eigenvalue weighted by molar-refractivity contribution is 7.85. The van der Waals surface area contributed by atoms with Gasteiger partial charge in [0.1, 0.15) is 5.75 Å². The second-order valence-corrected chi connectivity index (χ2v) is 5.57. The van der Waals surface area contributed by atoms with Gasteiger partial charge < -0.3 is 9.84 Å². The monoisotopic (exact) mass is 256 g/mol. The molecule has 1 rings (SSSR count). The van der Waals surface area contributed by atoms with Crippen molar-refractivity contribution < 1.29 is 14.1 Å². The predicted molar refractivity (Wildman–Crippen MR) is 70.7 cm³/mol. The highest BCUT2D eigenvalue weighted by Crippen LogP contribution is 2.18. The van der Waals surface area contributed by atoms with Crippen LogP contribution in [0.2, 0.25) is 0 Å². The van der Waals surface area contributed by atoms with E-state index in [0.717, 1.165) is 24.2 Å². The summed E-state index contributed by atoms with van der Waals surface area (Å²) in [6, 6.07) is 7.21. The Labute approximate surface area is 105 Å². The Hall–Kier alpha value is -0.870. The molecule has 96 valence electrons. The maximum absolute atomic E-state index is 11.6. The van der Waals surface area contributed by atoms with Gasteiger partial charge in [-0.25, -0.2) is 0 Å². The highest BCUT2D eigenvalue weighted by atomic mass is 32.2. The summed E-state index contributed by atoms with van der Waals surface area (Å²) in [4.78, 5) is 0. The lowest BCUT2D eigenvalue weighted by molar-refractivity contribution is 0.203. The van der Waals surface area contributed by atoms with E-state index in [-0.39, 0.29) is 0 Å². The molecule has 0 saturated carbocycles. The minimum Gasteiger partial charge on any atom is -0.497 e. The van der Waals surface area contributed by atoms with Gasteiger partial charge in [-0.05, 0) is 24.1 Å². The predicted octanol–water partition coefficient (Wildman–Crippen LogP) is 2.28. The van der Waals surface area contributed by atoms with E-state index in [1.54, 1.807) is 31.4 Å². The summed E-state index contributed by atoms with van der Waals surface area (Å²) in [6.45, 7) is 2.07. The Balaban J connectivity index is 2.51. The molecule has 0 aliphatic heterocycles. The van der Waals surface area contributed by atoms with Crippen molar-refractivity contribution in [2.75, 3.05) is 18.6 Å². The van der Waals surface area contributed by atoms with Crippen molar-refractivity contribution in [3.63, 3.8) is 0 Å². The molecule has 0 aliphatic rings. The number of unbranched alkanes of at least 4 members (excludes halogenated alkanes) is 1. The summed E-state index contributed by atoms with van der Waals surface area (Å²) in [7, 11) is 0.664. The SMILES string of the molecule is CCCC[S@@](=O)C[C@H](O)c1ccc(OC)cc1. The first-order valence-corrected chi connectivity index (χ1v) is 7.33. The molecule has 0 fully saturated rings. The zero-order chi connectivity index (χ0) is 12.7. The quantitative estimate of drug-likeness (QED) is 0.814. The minimum atomic E-state index is -0.939. The lowest BCUT2D eigenvalue weighted by Gasteiger charge is -2.11. The molecule has 0 unspecified atom stereocenters. The summed E-state index contributed by atoms with van der Waals surface area (Å²) in [5.41, 5.74) is 0.788. The molecule has 0 radical (unpaired) electrons. The third-order valence-corrected chi connectivity index (χ3v) is 4.00.